The lowest BCUT2D eigenvalue weighted by molar-refractivity contribution is -0.117. The molecule has 0 aliphatic heterocycles. The average molecular weight is 362 g/mol. The molecule has 0 saturated heterocycles. The first-order chi connectivity index (χ1) is 10.5. The van der Waals surface area contributed by atoms with E-state index >= 15 is 0 Å². The Labute approximate surface area is 145 Å². The van der Waals surface area contributed by atoms with Crippen molar-refractivity contribution in [3.05, 3.63) is 5.01 Å². The highest BCUT2D eigenvalue weighted by molar-refractivity contribution is 7.93. The van der Waals surface area contributed by atoms with Gasteiger partial charge in [-0.2, -0.15) is 0 Å². The van der Waals surface area contributed by atoms with Gasteiger partial charge in [-0.05, 0) is 37.4 Å². The van der Waals surface area contributed by atoms with E-state index in [9.17, 15) is 14.5 Å². The third kappa shape index (κ3) is 5.41. The zero-order valence-electron chi connectivity index (χ0n) is 14.7. The number of rotatable bonds is 8. The predicted octanol–water partition coefficient (Wildman–Crippen LogP) is 2.32. The Kier molecular flexibility index (Phi) is 7.00. The molecule has 0 radical (unpaired) electrons. The molecule has 8 heteroatoms. The first-order valence-electron chi connectivity index (χ1n) is 7.65. The average Bonchev–Trinajstić information content (AvgIpc) is 2.93. The van der Waals surface area contributed by atoms with Crippen LogP contribution in [-0.2, 0) is 21.4 Å². The molecule has 2 N–H and O–H groups in total. The van der Waals surface area contributed by atoms with Crippen LogP contribution in [-0.4, -0.2) is 42.9 Å². The van der Waals surface area contributed by atoms with Crippen molar-refractivity contribution >= 4 is 33.6 Å². The van der Waals surface area contributed by atoms with Gasteiger partial charge in [0.25, 0.3) is 5.91 Å². The Balaban J connectivity index is 2.74. The number of carbonyl (C=O) groups excluding carboxylic acids is 1. The number of aliphatic hydroxyl groups excluding tert-OH is 1. The smallest absolute Gasteiger partial charge is 0.281 e. The molecule has 1 aromatic rings. The maximum Gasteiger partial charge on any atom is 0.281 e. The Morgan fingerprint density at radius 2 is 1.96 bits per heavy atom. The highest BCUT2D eigenvalue weighted by Crippen LogP contribution is 2.29. The molecule has 0 aliphatic carbocycles. The van der Waals surface area contributed by atoms with E-state index in [2.05, 4.69) is 29.4 Å². The van der Waals surface area contributed by atoms with Crippen molar-refractivity contribution in [3.63, 3.8) is 0 Å². The molecule has 1 amide bonds. The van der Waals surface area contributed by atoms with Crippen LogP contribution in [0.3, 0.4) is 0 Å². The number of aromatic nitrogens is 2. The fourth-order valence-corrected chi connectivity index (χ4v) is 3.85. The van der Waals surface area contributed by atoms with Gasteiger partial charge in [0.15, 0.2) is 4.75 Å². The fraction of sp³-hybridized carbons (Fsp3) is 0.800. The molecule has 1 rings (SSSR count). The summed E-state index contributed by atoms with van der Waals surface area (Å²) in [5.74, 6) is 0.616. The molecular weight excluding hydrogens is 334 g/mol. The van der Waals surface area contributed by atoms with Crippen LogP contribution in [0, 0.1) is 5.92 Å². The second-order valence-electron chi connectivity index (χ2n) is 7.15. The van der Waals surface area contributed by atoms with Gasteiger partial charge in [0.05, 0.1) is 6.61 Å². The zero-order valence-corrected chi connectivity index (χ0v) is 16.3. The van der Waals surface area contributed by atoms with Crippen LogP contribution in [0.25, 0.3) is 0 Å². The largest absolute Gasteiger partial charge is 0.616 e. The van der Waals surface area contributed by atoms with Crippen molar-refractivity contribution in [1.29, 1.82) is 0 Å². The molecule has 0 bridgehead atoms. The number of nitrogens with zero attached hydrogens (tertiary/aromatic N) is 2. The SMILES string of the molecule is CC(C)CC[S+]([O-])C(C)(C)C(=O)Nc1nnc(C(C)(C)CO)s1. The lowest BCUT2D eigenvalue weighted by Gasteiger charge is -2.27. The van der Waals surface area contributed by atoms with E-state index in [-0.39, 0.29) is 12.5 Å². The summed E-state index contributed by atoms with van der Waals surface area (Å²) in [5, 5.41) is 21.0. The van der Waals surface area contributed by atoms with E-state index in [0.717, 1.165) is 6.42 Å². The Morgan fingerprint density at radius 3 is 2.48 bits per heavy atom. The van der Waals surface area contributed by atoms with Gasteiger partial charge in [-0.15, -0.1) is 10.2 Å². The van der Waals surface area contributed by atoms with Crippen molar-refractivity contribution in [2.24, 2.45) is 5.92 Å². The standard InChI is InChI=1S/C15H27N3O3S2/c1-10(2)7-8-23(21)15(5,6)11(20)16-13-18-17-12(22-13)14(3,4)9-19/h10,19H,7-9H2,1-6H3,(H,16,18,20). The molecule has 0 saturated carbocycles. The van der Waals surface area contributed by atoms with Crippen LogP contribution in [0.5, 0.6) is 0 Å². The summed E-state index contributed by atoms with van der Waals surface area (Å²) in [5.41, 5.74) is -0.504. The third-order valence-corrected chi connectivity index (χ3v) is 6.75. The van der Waals surface area contributed by atoms with Crippen molar-refractivity contribution in [2.75, 3.05) is 17.7 Å². The number of hydrogen-bond donors (Lipinski definition) is 2. The van der Waals surface area contributed by atoms with Gasteiger partial charge >= 0.3 is 0 Å². The van der Waals surface area contributed by atoms with Gasteiger partial charge in [0, 0.05) is 5.41 Å². The molecule has 1 heterocycles. The Bertz CT molecular complexity index is 530. The molecule has 1 atom stereocenters. The van der Waals surface area contributed by atoms with E-state index < -0.39 is 21.3 Å². The van der Waals surface area contributed by atoms with E-state index in [1.54, 1.807) is 13.8 Å². The number of amides is 1. The molecule has 1 aromatic heterocycles. The highest BCUT2D eigenvalue weighted by atomic mass is 32.2. The van der Waals surface area contributed by atoms with Gasteiger partial charge in [0.1, 0.15) is 10.8 Å². The number of hydrogen-bond acceptors (Lipinski definition) is 6. The van der Waals surface area contributed by atoms with E-state index in [4.69, 9.17) is 0 Å². The van der Waals surface area contributed by atoms with E-state index in [1.807, 2.05) is 13.8 Å². The maximum atomic E-state index is 12.4. The summed E-state index contributed by atoms with van der Waals surface area (Å²) in [6.07, 6.45) is 0.816. The van der Waals surface area contributed by atoms with Crippen LogP contribution >= 0.6 is 11.3 Å². The second-order valence-corrected chi connectivity index (χ2v) is 10.2. The predicted molar refractivity (Wildman–Crippen MR) is 95.2 cm³/mol. The summed E-state index contributed by atoms with van der Waals surface area (Å²) in [4.78, 5) is 12.4. The first-order valence-corrected chi connectivity index (χ1v) is 9.79. The molecule has 23 heavy (non-hydrogen) atoms. The molecule has 0 aromatic carbocycles. The van der Waals surface area contributed by atoms with Crippen LogP contribution in [0.4, 0.5) is 5.13 Å². The molecule has 0 aliphatic rings. The highest BCUT2D eigenvalue weighted by Gasteiger charge is 2.40. The van der Waals surface area contributed by atoms with Gasteiger partial charge in [-0.3, -0.25) is 10.1 Å². The summed E-state index contributed by atoms with van der Waals surface area (Å²) < 4.78 is 11.4. The minimum Gasteiger partial charge on any atom is -0.616 e. The molecular formula is C15H27N3O3S2. The molecule has 0 fully saturated rings. The van der Waals surface area contributed by atoms with Gasteiger partial charge in [0.2, 0.25) is 5.13 Å². The van der Waals surface area contributed by atoms with Gasteiger partial charge < -0.3 is 9.66 Å². The van der Waals surface area contributed by atoms with E-state index in [0.29, 0.717) is 21.8 Å². The van der Waals surface area contributed by atoms with Gasteiger partial charge in [-0.25, -0.2) is 0 Å². The first kappa shape index (κ1) is 20.3. The fourth-order valence-electron chi connectivity index (χ4n) is 1.56. The van der Waals surface area contributed by atoms with Crippen molar-refractivity contribution in [3.8, 4) is 0 Å². The normalized spacial score (nSPS) is 14.1. The molecule has 132 valence electrons. The summed E-state index contributed by atoms with van der Waals surface area (Å²) >= 11 is -0.0365. The van der Waals surface area contributed by atoms with Crippen LogP contribution in [0.2, 0.25) is 0 Å². The van der Waals surface area contributed by atoms with Crippen LogP contribution in [0.1, 0.15) is 53.0 Å². The lowest BCUT2D eigenvalue weighted by atomic mass is 9.96. The topological polar surface area (TPSA) is 98.2 Å². The minimum absolute atomic E-state index is 0.0553. The Hall–Kier alpha value is -0.700. The molecule has 1 unspecified atom stereocenters. The van der Waals surface area contributed by atoms with Crippen LogP contribution < -0.4 is 5.32 Å². The van der Waals surface area contributed by atoms with Gasteiger partial charge in [-0.1, -0.05) is 39.0 Å². The molecule has 0 spiro atoms. The number of nitrogens with one attached hydrogen (secondary N) is 1. The molecule has 6 nitrogen and oxygen atoms in total. The van der Waals surface area contributed by atoms with Crippen molar-refractivity contribution in [2.45, 2.75) is 58.1 Å². The Morgan fingerprint density at radius 1 is 1.35 bits per heavy atom. The zero-order chi connectivity index (χ0) is 17.8. The van der Waals surface area contributed by atoms with Crippen molar-refractivity contribution < 1.29 is 14.5 Å². The quantitative estimate of drug-likeness (QED) is 0.692. The van der Waals surface area contributed by atoms with Crippen LogP contribution in [0.15, 0.2) is 0 Å². The monoisotopic (exact) mass is 361 g/mol. The number of aliphatic hydroxyl groups is 1. The maximum absolute atomic E-state index is 12.4. The number of anilines is 1. The minimum atomic E-state index is -1.26. The second kappa shape index (κ2) is 7.92. The van der Waals surface area contributed by atoms with E-state index in [1.165, 1.54) is 11.3 Å². The summed E-state index contributed by atoms with van der Waals surface area (Å²) in [6, 6.07) is 0. The lowest BCUT2D eigenvalue weighted by Crippen LogP contribution is -2.45. The summed E-state index contributed by atoms with van der Waals surface area (Å²) in [7, 11) is 0. The number of carbonyl (C=O) groups is 1. The van der Waals surface area contributed by atoms with Crippen molar-refractivity contribution in [1.82, 2.24) is 10.2 Å². The summed E-state index contributed by atoms with van der Waals surface area (Å²) in [6.45, 7) is 11.1. The third-order valence-electron chi connectivity index (χ3n) is 3.62.